The molecule has 3 rings (SSSR count). The first-order chi connectivity index (χ1) is 8.68. The van der Waals surface area contributed by atoms with Crippen LogP contribution in [0.4, 0.5) is 0 Å². The van der Waals surface area contributed by atoms with Crippen molar-refractivity contribution in [1.29, 1.82) is 0 Å². The van der Waals surface area contributed by atoms with Gasteiger partial charge < -0.3 is 0 Å². The molecule has 0 aliphatic heterocycles. The molecule has 0 radical (unpaired) electrons. The first-order valence-corrected chi connectivity index (χ1v) is 7.83. The van der Waals surface area contributed by atoms with E-state index in [1.807, 2.05) is 0 Å². The Hall–Kier alpha value is -0.890. The molecule has 18 heavy (non-hydrogen) atoms. The van der Waals surface area contributed by atoms with E-state index in [0.717, 1.165) is 25.7 Å². The number of Topliss-reactive ketones (excluding diaryl/α,β-unsaturated/α-hetero) is 1. The molecule has 2 fully saturated rings. The van der Waals surface area contributed by atoms with Gasteiger partial charge in [-0.3, -0.25) is 4.79 Å². The first kappa shape index (κ1) is 12.2. The van der Waals surface area contributed by atoms with Crippen LogP contribution >= 0.6 is 11.3 Å². The Bertz CT molecular complexity index is 471. The van der Waals surface area contributed by atoms with Gasteiger partial charge >= 0.3 is 0 Å². The number of fused-ring (bicyclic) bond motifs is 1. The van der Waals surface area contributed by atoms with Gasteiger partial charge in [0.15, 0.2) is 0 Å². The van der Waals surface area contributed by atoms with Crippen LogP contribution in [0.15, 0.2) is 23.1 Å². The minimum absolute atomic E-state index is 0.0560. The minimum atomic E-state index is -0.0560. The third kappa shape index (κ3) is 2.07. The number of carbonyl (C=O) groups excluding carboxylic acids is 1. The predicted octanol–water partition coefficient (Wildman–Crippen LogP) is 4.69. The number of hydrogen-bond acceptors (Lipinski definition) is 2. The summed E-state index contributed by atoms with van der Waals surface area (Å²) in [4.78, 5) is 13.7. The second kappa shape index (κ2) is 4.65. The molecular formula is C16H20OS. The number of carbonyl (C=O) groups is 1. The molecule has 1 aromatic heterocycles. The molecule has 1 heterocycles. The van der Waals surface area contributed by atoms with E-state index in [2.05, 4.69) is 30.5 Å². The number of ketones is 1. The highest BCUT2D eigenvalue weighted by Crippen LogP contribution is 2.51. The SMILES string of the molecule is C[C@]12C/C(=C/c3cccs3)C[C@H]1CCCCC2=O. The third-order valence-electron chi connectivity index (χ3n) is 4.74. The summed E-state index contributed by atoms with van der Waals surface area (Å²) in [7, 11) is 0. The highest BCUT2D eigenvalue weighted by Gasteiger charge is 2.46. The van der Waals surface area contributed by atoms with Crippen LogP contribution in [0, 0.1) is 11.3 Å². The molecule has 0 aromatic carbocycles. The highest BCUT2D eigenvalue weighted by molar-refractivity contribution is 7.10. The lowest BCUT2D eigenvalue weighted by atomic mass is 9.75. The van der Waals surface area contributed by atoms with Gasteiger partial charge in [0.05, 0.1) is 0 Å². The summed E-state index contributed by atoms with van der Waals surface area (Å²) in [6, 6.07) is 4.26. The van der Waals surface area contributed by atoms with Gasteiger partial charge in [-0.05, 0) is 49.1 Å². The smallest absolute Gasteiger partial charge is 0.139 e. The number of hydrogen-bond donors (Lipinski definition) is 0. The second-order valence-corrected chi connectivity index (χ2v) is 6.96. The zero-order valence-electron chi connectivity index (χ0n) is 10.9. The van der Waals surface area contributed by atoms with Crippen LogP contribution in [0.2, 0.25) is 0 Å². The van der Waals surface area contributed by atoms with Gasteiger partial charge in [-0.15, -0.1) is 11.3 Å². The third-order valence-corrected chi connectivity index (χ3v) is 5.56. The Labute approximate surface area is 113 Å². The van der Waals surface area contributed by atoms with E-state index in [1.165, 1.54) is 23.3 Å². The fraction of sp³-hybridized carbons (Fsp3) is 0.562. The fourth-order valence-electron chi connectivity index (χ4n) is 3.62. The fourth-order valence-corrected chi connectivity index (χ4v) is 4.33. The van der Waals surface area contributed by atoms with Gasteiger partial charge in [-0.25, -0.2) is 0 Å². The maximum Gasteiger partial charge on any atom is 0.139 e. The number of allylic oxidation sites excluding steroid dienone is 1. The van der Waals surface area contributed by atoms with Gasteiger partial charge in [-0.2, -0.15) is 0 Å². The zero-order valence-corrected chi connectivity index (χ0v) is 11.8. The van der Waals surface area contributed by atoms with Crippen molar-refractivity contribution in [3.63, 3.8) is 0 Å². The number of rotatable bonds is 1. The van der Waals surface area contributed by atoms with Crippen LogP contribution in [0.5, 0.6) is 0 Å². The Balaban J connectivity index is 1.86. The molecule has 1 aromatic rings. The van der Waals surface area contributed by atoms with Crippen molar-refractivity contribution in [3.05, 3.63) is 28.0 Å². The highest BCUT2D eigenvalue weighted by atomic mass is 32.1. The van der Waals surface area contributed by atoms with Crippen LogP contribution in [0.3, 0.4) is 0 Å². The zero-order chi connectivity index (χ0) is 12.6. The Morgan fingerprint density at radius 2 is 2.33 bits per heavy atom. The van der Waals surface area contributed by atoms with Crippen LogP contribution < -0.4 is 0 Å². The molecule has 96 valence electrons. The summed E-state index contributed by atoms with van der Waals surface area (Å²) in [5.74, 6) is 1.11. The van der Waals surface area contributed by atoms with Crippen molar-refractivity contribution in [3.8, 4) is 0 Å². The first-order valence-electron chi connectivity index (χ1n) is 6.95. The molecular weight excluding hydrogens is 240 g/mol. The Morgan fingerprint density at radius 1 is 1.44 bits per heavy atom. The van der Waals surface area contributed by atoms with Crippen molar-refractivity contribution in [1.82, 2.24) is 0 Å². The molecule has 2 aliphatic carbocycles. The summed E-state index contributed by atoms with van der Waals surface area (Å²) < 4.78 is 0. The topological polar surface area (TPSA) is 17.1 Å². The van der Waals surface area contributed by atoms with E-state index < -0.39 is 0 Å². The summed E-state index contributed by atoms with van der Waals surface area (Å²) in [5.41, 5.74) is 1.43. The van der Waals surface area contributed by atoms with E-state index in [0.29, 0.717) is 11.7 Å². The molecule has 0 saturated heterocycles. The molecule has 1 nitrogen and oxygen atoms in total. The Kier molecular flexibility index (Phi) is 3.14. The normalized spacial score (nSPS) is 34.6. The van der Waals surface area contributed by atoms with E-state index in [9.17, 15) is 4.79 Å². The van der Waals surface area contributed by atoms with Crippen molar-refractivity contribution < 1.29 is 4.79 Å². The lowest BCUT2D eigenvalue weighted by Crippen LogP contribution is -2.29. The average Bonchev–Trinajstić information content (AvgIpc) is 2.91. The van der Waals surface area contributed by atoms with Crippen molar-refractivity contribution in [2.24, 2.45) is 11.3 Å². The summed E-state index contributed by atoms with van der Waals surface area (Å²) >= 11 is 1.79. The van der Waals surface area contributed by atoms with E-state index in [4.69, 9.17) is 0 Å². The van der Waals surface area contributed by atoms with Crippen LogP contribution in [-0.2, 0) is 4.79 Å². The lowest BCUT2D eigenvalue weighted by molar-refractivity contribution is -0.129. The molecule has 0 spiro atoms. The Morgan fingerprint density at radius 3 is 3.11 bits per heavy atom. The van der Waals surface area contributed by atoms with E-state index in [-0.39, 0.29) is 5.41 Å². The van der Waals surface area contributed by atoms with Crippen LogP contribution in [0.25, 0.3) is 6.08 Å². The summed E-state index contributed by atoms with van der Waals surface area (Å²) in [5, 5.41) is 2.12. The summed E-state index contributed by atoms with van der Waals surface area (Å²) in [6.07, 6.45) is 8.84. The van der Waals surface area contributed by atoms with Crippen molar-refractivity contribution in [2.75, 3.05) is 0 Å². The van der Waals surface area contributed by atoms with Crippen molar-refractivity contribution in [2.45, 2.75) is 45.4 Å². The van der Waals surface area contributed by atoms with Crippen LogP contribution in [-0.4, -0.2) is 5.78 Å². The molecule has 0 bridgehead atoms. The van der Waals surface area contributed by atoms with Gasteiger partial charge in [0.2, 0.25) is 0 Å². The van der Waals surface area contributed by atoms with Gasteiger partial charge in [-0.1, -0.05) is 25.0 Å². The van der Waals surface area contributed by atoms with Gasteiger partial charge in [0.1, 0.15) is 5.78 Å². The molecule has 0 amide bonds. The monoisotopic (exact) mass is 260 g/mol. The molecule has 0 unspecified atom stereocenters. The molecule has 2 aliphatic rings. The minimum Gasteiger partial charge on any atom is -0.299 e. The average molecular weight is 260 g/mol. The molecule has 2 saturated carbocycles. The molecule has 2 heteroatoms. The van der Waals surface area contributed by atoms with E-state index in [1.54, 1.807) is 11.3 Å². The quantitative estimate of drug-likeness (QED) is 0.716. The maximum atomic E-state index is 12.3. The van der Waals surface area contributed by atoms with E-state index >= 15 is 0 Å². The van der Waals surface area contributed by atoms with Crippen molar-refractivity contribution >= 4 is 23.2 Å². The molecule has 0 N–H and O–H groups in total. The maximum absolute atomic E-state index is 12.3. The lowest BCUT2D eigenvalue weighted by Gasteiger charge is -2.27. The number of thiophene rings is 1. The standard InChI is InChI=1S/C16H20OS/c1-16-11-12(10-14-6-4-8-18-14)9-13(16)5-2-3-7-15(16)17/h4,6,8,10,13H,2-3,5,7,9,11H2,1H3/b12-10+/t13-,16+/m1/s1. The largest absolute Gasteiger partial charge is 0.299 e. The molecule has 2 atom stereocenters. The van der Waals surface area contributed by atoms with Gasteiger partial charge in [0.25, 0.3) is 0 Å². The predicted molar refractivity (Wildman–Crippen MR) is 76.6 cm³/mol. The van der Waals surface area contributed by atoms with Gasteiger partial charge in [0, 0.05) is 16.7 Å². The summed E-state index contributed by atoms with van der Waals surface area (Å²) in [6.45, 7) is 2.21. The van der Waals surface area contributed by atoms with Crippen LogP contribution in [0.1, 0.15) is 50.3 Å². The second-order valence-electron chi connectivity index (χ2n) is 5.98.